The fraction of sp³-hybridized carbons (Fsp3) is 0.875. The molecule has 122 valence electrons. The molecule has 0 aliphatic carbocycles. The number of piperidine rings is 1. The molecule has 1 saturated heterocycles. The summed E-state index contributed by atoms with van der Waals surface area (Å²) in [6.07, 6.45) is 4.37. The van der Waals surface area contributed by atoms with Crippen molar-refractivity contribution >= 4 is 11.9 Å². The van der Waals surface area contributed by atoms with Crippen molar-refractivity contribution in [3.05, 3.63) is 0 Å². The van der Waals surface area contributed by atoms with Crippen LogP contribution in [0.4, 0.5) is 0 Å². The number of carboxylic acid groups (broad SMARTS) is 1. The summed E-state index contributed by atoms with van der Waals surface area (Å²) >= 11 is 0. The molecule has 21 heavy (non-hydrogen) atoms. The lowest BCUT2D eigenvalue weighted by molar-refractivity contribution is -0.138. The number of carbonyl (C=O) groups is 2. The van der Waals surface area contributed by atoms with Gasteiger partial charge in [-0.2, -0.15) is 0 Å². The third-order valence-electron chi connectivity index (χ3n) is 4.34. The zero-order valence-electron chi connectivity index (χ0n) is 13.4. The fourth-order valence-corrected chi connectivity index (χ4v) is 3.10. The van der Waals surface area contributed by atoms with Gasteiger partial charge in [0.2, 0.25) is 5.91 Å². The van der Waals surface area contributed by atoms with Crippen LogP contribution in [0.15, 0.2) is 0 Å². The van der Waals surface area contributed by atoms with E-state index >= 15 is 0 Å². The van der Waals surface area contributed by atoms with Crippen LogP contribution in [0.3, 0.4) is 0 Å². The van der Waals surface area contributed by atoms with Gasteiger partial charge in [-0.25, -0.2) is 0 Å². The Bertz CT molecular complexity index is 336. The summed E-state index contributed by atoms with van der Waals surface area (Å²) in [5.74, 6) is 0.775. The topological polar surface area (TPSA) is 83.6 Å². The second-order valence-electron chi connectivity index (χ2n) is 6.69. The predicted octanol–water partition coefficient (Wildman–Crippen LogP) is 2.10. The number of likely N-dealkylation sites (tertiary alicyclic amines) is 1. The normalized spacial score (nSPS) is 18.0. The molecule has 0 aromatic heterocycles. The van der Waals surface area contributed by atoms with Gasteiger partial charge in [0.1, 0.15) is 0 Å². The molecule has 1 rings (SSSR count). The summed E-state index contributed by atoms with van der Waals surface area (Å²) in [7, 11) is 0. The largest absolute Gasteiger partial charge is 0.481 e. The van der Waals surface area contributed by atoms with Crippen molar-refractivity contribution in [3.63, 3.8) is 0 Å². The van der Waals surface area contributed by atoms with Gasteiger partial charge >= 0.3 is 5.97 Å². The monoisotopic (exact) mass is 298 g/mol. The van der Waals surface area contributed by atoms with Crippen LogP contribution in [0.5, 0.6) is 0 Å². The Balaban J connectivity index is 2.32. The van der Waals surface area contributed by atoms with Gasteiger partial charge in [-0.15, -0.1) is 0 Å². The molecular weight excluding hydrogens is 268 g/mol. The van der Waals surface area contributed by atoms with Gasteiger partial charge in [-0.05, 0) is 50.0 Å². The van der Waals surface area contributed by atoms with Crippen LogP contribution < -0.4 is 5.73 Å². The second-order valence-corrected chi connectivity index (χ2v) is 6.69. The van der Waals surface area contributed by atoms with E-state index in [0.29, 0.717) is 24.8 Å². The van der Waals surface area contributed by atoms with Gasteiger partial charge in [-0.1, -0.05) is 13.8 Å². The minimum atomic E-state index is -0.729. The molecule has 0 aromatic carbocycles. The number of amides is 1. The highest BCUT2D eigenvalue weighted by Crippen LogP contribution is 2.23. The van der Waals surface area contributed by atoms with Crippen molar-refractivity contribution in [3.8, 4) is 0 Å². The number of aliphatic carboxylic acids is 1. The smallest absolute Gasteiger partial charge is 0.303 e. The Kier molecular flexibility index (Phi) is 7.72. The van der Waals surface area contributed by atoms with E-state index in [2.05, 4.69) is 13.8 Å². The number of hydrogen-bond acceptors (Lipinski definition) is 3. The van der Waals surface area contributed by atoms with Crippen LogP contribution in [0.2, 0.25) is 0 Å². The first-order valence-corrected chi connectivity index (χ1v) is 8.12. The first-order valence-electron chi connectivity index (χ1n) is 8.12. The van der Waals surface area contributed by atoms with Crippen LogP contribution in [0.25, 0.3) is 0 Å². The van der Waals surface area contributed by atoms with E-state index in [4.69, 9.17) is 10.8 Å². The van der Waals surface area contributed by atoms with E-state index < -0.39 is 5.97 Å². The Hall–Kier alpha value is -1.10. The maximum atomic E-state index is 12.3. The average Bonchev–Trinajstić information content (AvgIpc) is 2.44. The number of hydrogen-bond donors (Lipinski definition) is 2. The molecule has 1 unspecified atom stereocenters. The highest BCUT2D eigenvalue weighted by molar-refractivity contribution is 5.76. The SMILES string of the molecule is CC(C)CC(CN)CC(=O)N1CCC(CCC(=O)O)CC1. The lowest BCUT2D eigenvalue weighted by Crippen LogP contribution is -2.40. The van der Waals surface area contributed by atoms with Crippen LogP contribution >= 0.6 is 0 Å². The molecule has 1 aliphatic rings. The van der Waals surface area contributed by atoms with Crippen LogP contribution in [0, 0.1) is 17.8 Å². The van der Waals surface area contributed by atoms with E-state index in [0.717, 1.165) is 38.8 Å². The fourth-order valence-electron chi connectivity index (χ4n) is 3.10. The van der Waals surface area contributed by atoms with E-state index in [1.807, 2.05) is 4.90 Å². The molecule has 1 aliphatic heterocycles. The maximum absolute atomic E-state index is 12.3. The first-order chi connectivity index (χ1) is 9.92. The number of nitrogens with zero attached hydrogens (tertiary/aromatic N) is 1. The van der Waals surface area contributed by atoms with E-state index in [-0.39, 0.29) is 18.2 Å². The van der Waals surface area contributed by atoms with Crippen molar-refractivity contribution in [1.82, 2.24) is 4.90 Å². The molecule has 3 N–H and O–H groups in total. The first kappa shape index (κ1) is 18.0. The van der Waals surface area contributed by atoms with Gasteiger partial charge in [0.05, 0.1) is 0 Å². The maximum Gasteiger partial charge on any atom is 0.303 e. The van der Waals surface area contributed by atoms with Crippen LogP contribution in [-0.2, 0) is 9.59 Å². The average molecular weight is 298 g/mol. The Labute approximate surface area is 127 Å². The van der Waals surface area contributed by atoms with Gasteiger partial charge < -0.3 is 15.7 Å². The van der Waals surface area contributed by atoms with Crippen molar-refractivity contribution in [2.24, 2.45) is 23.5 Å². The predicted molar refractivity (Wildman–Crippen MR) is 82.8 cm³/mol. The summed E-state index contributed by atoms with van der Waals surface area (Å²) in [6, 6.07) is 0. The molecule has 0 bridgehead atoms. The standard InChI is InChI=1S/C16H30N2O3/c1-12(2)9-14(11-17)10-15(19)18-7-5-13(6-8-18)3-4-16(20)21/h12-14H,3-11,17H2,1-2H3,(H,20,21). The van der Waals surface area contributed by atoms with Gasteiger partial charge in [-0.3, -0.25) is 9.59 Å². The molecule has 0 radical (unpaired) electrons. The molecular formula is C16H30N2O3. The van der Waals surface area contributed by atoms with Crippen molar-refractivity contribution in [2.45, 2.75) is 52.4 Å². The Morgan fingerprint density at radius 1 is 1.29 bits per heavy atom. The third kappa shape index (κ3) is 6.93. The lowest BCUT2D eigenvalue weighted by atomic mass is 9.90. The van der Waals surface area contributed by atoms with E-state index in [9.17, 15) is 9.59 Å². The number of carboxylic acids is 1. The molecule has 1 amide bonds. The zero-order valence-corrected chi connectivity index (χ0v) is 13.4. The minimum absolute atomic E-state index is 0.211. The van der Waals surface area contributed by atoms with Crippen molar-refractivity contribution < 1.29 is 14.7 Å². The molecule has 0 aromatic rings. The van der Waals surface area contributed by atoms with E-state index in [1.165, 1.54) is 0 Å². The quantitative estimate of drug-likeness (QED) is 0.719. The van der Waals surface area contributed by atoms with E-state index in [1.54, 1.807) is 0 Å². The van der Waals surface area contributed by atoms with Gasteiger partial charge in [0.15, 0.2) is 0 Å². The molecule has 1 fully saturated rings. The molecule has 1 heterocycles. The highest BCUT2D eigenvalue weighted by atomic mass is 16.4. The summed E-state index contributed by atoms with van der Waals surface area (Å²) in [4.78, 5) is 24.8. The summed E-state index contributed by atoms with van der Waals surface area (Å²) in [6.45, 7) is 6.41. The molecule has 5 nitrogen and oxygen atoms in total. The number of rotatable bonds is 8. The Morgan fingerprint density at radius 3 is 2.38 bits per heavy atom. The summed E-state index contributed by atoms with van der Waals surface area (Å²) < 4.78 is 0. The van der Waals surface area contributed by atoms with Crippen LogP contribution in [0.1, 0.15) is 52.4 Å². The Morgan fingerprint density at radius 2 is 1.90 bits per heavy atom. The van der Waals surface area contributed by atoms with Crippen LogP contribution in [-0.4, -0.2) is 41.5 Å². The van der Waals surface area contributed by atoms with Gasteiger partial charge in [0, 0.05) is 25.9 Å². The molecule has 5 heteroatoms. The molecule has 1 atom stereocenters. The third-order valence-corrected chi connectivity index (χ3v) is 4.34. The summed E-state index contributed by atoms with van der Waals surface area (Å²) in [5, 5.41) is 8.71. The molecule has 0 saturated carbocycles. The van der Waals surface area contributed by atoms with Crippen molar-refractivity contribution in [2.75, 3.05) is 19.6 Å². The van der Waals surface area contributed by atoms with Gasteiger partial charge in [0.25, 0.3) is 0 Å². The second kappa shape index (κ2) is 9.03. The summed E-state index contributed by atoms with van der Waals surface area (Å²) in [5.41, 5.74) is 5.76. The van der Waals surface area contributed by atoms with Crippen molar-refractivity contribution in [1.29, 1.82) is 0 Å². The highest BCUT2D eigenvalue weighted by Gasteiger charge is 2.24. The molecule has 0 spiro atoms. The minimum Gasteiger partial charge on any atom is -0.481 e. The zero-order chi connectivity index (χ0) is 15.8. The lowest BCUT2D eigenvalue weighted by Gasteiger charge is -2.33. The number of nitrogens with two attached hydrogens (primary N) is 1. The number of carbonyl (C=O) groups excluding carboxylic acids is 1.